The van der Waals surface area contributed by atoms with Crippen LogP contribution >= 0.6 is 0 Å². The number of aromatic amines is 1. The highest BCUT2D eigenvalue weighted by atomic mass is 16.4. The number of hydrogen-bond acceptors (Lipinski definition) is 3. The van der Waals surface area contributed by atoms with Crippen LogP contribution in [0, 0.1) is 0 Å². The van der Waals surface area contributed by atoms with Crippen LogP contribution in [-0.4, -0.2) is 33.7 Å². The molecule has 0 radical (unpaired) electrons. The molecule has 2 heterocycles. The number of fused-ring (bicyclic) bond motifs is 3. The molecule has 6 heteroatoms. The number of carboxylic acid groups (broad SMARTS) is 2. The van der Waals surface area contributed by atoms with Crippen LogP contribution in [0.25, 0.3) is 10.9 Å². The van der Waals surface area contributed by atoms with Crippen molar-refractivity contribution in [1.29, 1.82) is 0 Å². The van der Waals surface area contributed by atoms with Gasteiger partial charge in [0.2, 0.25) is 0 Å². The molecule has 0 spiro atoms. The lowest BCUT2D eigenvalue weighted by molar-refractivity contribution is -0.147. The number of rotatable bonds is 5. The zero-order valence-electron chi connectivity index (χ0n) is 12.1. The highest BCUT2D eigenvalue weighted by Crippen LogP contribution is 2.37. The van der Waals surface area contributed by atoms with E-state index in [-0.39, 0.29) is 12.8 Å². The standard InChI is InChI=1S/C16H18N2O4/c19-13(20)6-3-8-16(15(21)22)14-11(7-9-17-16)10-4-1-2-5-12(10)18-14/h1-2,4-5,17-18H,3,6-9H2,(H,19,20)(H,21,22). The first-order valence-electron chi connectivity index (χ1n) is 7.35. The molecule has 0 bridgehead atoms. The van der Waals surface area contributed by atoms with Crippen LogP contribution in [-0.2, 0) is 21.5 Å². The Hall–Kier alpha value is -2.34. The normalized spacial score (nSPS) is 20.7. The first-order chi connectivity index (χ1) is 10.5. The lowest BCUT2D eigenvalue weighted by Crippen LogP contribution is -2.53. The second-order valence-corrected chi connectivity index (χ2v) is 5.66. The molecule has 1 atom stereocenters. The molecule has 116 valence electrons. The minimum atomic E-state index is -1.23. The molecule has 1 aromatic carbocycles. The van der Waals surface area contributed by atoms with E-state index in [4.69, 9.17) is 5.11 Å². The van der Waals surface area contributed by atoms with Gasteiger partial charge in [-0.2, -0.15) is 0 Å². The number of H-pyrrole nitrogens is 1. The monoisotopic (exact) mass is 302 g/mol. The number of hydrogen-bond donors (Lipinski definition) is 4. The fourth-order valence-electron chi connectivity index (χ4n) is 3.32. The topological polar surface area (TPSA) is 102 Å². The van der Waals surface area contributed by atoms with E-state index in [1.54, 1.807) is 0 Å². The van der Waals surface area contributed by atoms with Gasteiger partial charge in [-0.15, -0.1) is 0 Å². The van der Waals surface area contributed by atoms with Gasteiger partial charge >= 0.3 is 11.9 Å². The number of carbonyl (C=O) groups is 2. The first kappa shape index (κ1) is 14.6. The van der Waals surface area contributed by atoms with Crippen LogP contribution in [0.4, 0.5) is 0 Å². The molecule has 1 aliphatic heterocycles. The van der Waals surface area contributed by atoms with Crippen molar-refractivity contribution in [3.05, 3.63) is 35.5 Å². The van der Waals surface area contributed by atoms with E-state index in [9.17, 15) is 14.7 Å². The summed E-state index contributed by atoms with van der Waals surface area (Å²) in [5, 5.41) is 22.7. The summed E-state index contributed by atoms with van der Waals surface area (Å²) in [5.74, 6) is -1.88. The molecule has 0 amide bonds. The van der Waals surface area contributed by atoms with E-state index < -0.39 is 17.5 Å². The van der Waals surface area contributed by atoms with Crippen LogP contribution < -0.4 is 5.32 Å². The van der Waals surface area contributed by atoms with Crippen molar-refractivity contribution in [2.24, 2.45) is 0 Å². The Bertz CT molecular complexity index is 737. The van der Waals surface area contributed by atoms with E-state index in [1.807, 2.05) is 24.3 Å². The Kier molecular flexibility index (Phi) is 3.62. The van der Waals surface area contributed by atoms with E-state index in [0.717, 1.165) is 22.9 Å². The Morgan fingerprint density at radius 2 is 2.00 bits per heavy atom. The highest BCUT2D eigenvalue weighted by molar-refractivity contribution is 5.90. The maximum Gasteiger partial charge on any atom is 0.330 e. The van der Waals surface area contributed by atoms with Gasteiger partial charge in [-0.25, -0.2) is 4.79 Å². The fourth-order valence-corrected chi connectivity index (χ4v) is 3.32. The number of aromatic nitrogens is 1. The molecule has 0 saturated carbocycles. The molecule has 1 aromatic heterocycles. The van der Waals surface area contributed by atoms with E-state index in [2.05, 4.69) is 10.3 Å². The molecule has 0 saturated heterocycles. The Morgan fingerprint density at radius 1 is 1.23 bits per heavy atom. The third-order valence-electron chi connectivity index (χ3n) is 4.35. The van der Waals surface area contributed by atoms with Crippen LogP contribution in [0.1, 0.15) is 30.5 Å². The number of carboxylic acids is 2. The minimum Gasteiger partial charge on any atom is -0.481 e. The SMILES string of the molecule is O=C(O)CCCC1(C(=O)O)NCCc2c1[nH]c1ccccc21. The molecule has 6 nitrogen and oxygen atoms in total. The summed E-state index contributed by atoms with van der Waals surface area (Å²) in [5.41, 5.74) is 1.37. The molecule has 0 fully saturated rings. The van der Waals surface area contributed by atoms with Gasteiger partial charge in [-0.1, -0.05) is 18.2 Å². The summed E-state index contributed by atoms with van der Waals surface area (Å²) in [6.45, 7) is 0.564. The van der Waals surface area contributed by atoms with Crippen LogP contribution in [0.5, 0.6) is 0 Å². The zero-order chi connectivity index (χ0) is 15.7. The summed E-state index contributed by atoms with van der Waals surface area (Å²) in [4.78, 5) is 25.9. The van der Waals surface area contributed by atoms with Gasteiger partial charge < -0.3 is 15.2 Å². The summed E-state index contributed by atoms with van der Waals surface area (Å²) in [7, 11) is 0. The summed E-state index contributed by atoms with van der Waals surface area (Å²) in [6, 6.07) is 7.76. The molecule has 22 heavy (non-hydrogen) atoms. The summed E-state index contributed by atoms with van der Waals surface area (Å²) in [6.07, 6.45) is 1.28. The maximum atomic E-state index is 12.0. The number of aliphatic carboxylic acids is 2. The van der Waals surface area contributed by atoms with Gasteiger partial charge in [0.15, 0.2) is 5.54 Å². The predicted octanol–water partition coefficient (Wildman–Crippen LogP) is 1.85. The average Bonchev–Trinajstić information content (AvgIpc) is 2.86. The number of para-hydroxylation sites is 1. The molecule has 1 aliphatic rings. The van der Waals surface area contributed by atoms with Gasteiger partial charge in [-0.05, 0) is 30.9 Å². The maximum absolute atomic E-state index is 12.0. The van der Waals surface area contributed by atoms with Crippen molar-refractivity contribution in [1.82, 2.24) is 10.3 Å². The van der Waals surface area contributed by atoms with Crippen molar-refractivity contribution in [3.63, 3.8) is 0 Å². The van der Waals surface area contributed by atoms with Gasteiger partial charge in [0, 0.05) is 23.9 Å². The van der Waals surface area contributed by atoms with Crippen molar-refractivity contribution < 1.29 is 19.8 Å². The molecule has 0 aliphatic carbocycles. The second-order valence-electron chi connectivity index (χ2n) is 5.66. The van der Waals surface area contributed by atoms with Crippen LogP contribution in [0.15, 0.2) is 24.3 Å². The van der Waals surface area contributed by atoms with Gasteiger partial charge in [0.1, 0.15) is 0 Å². The quantitative estimate of drug-likeness (QED) is 0.675. The predicted molar refractivity (Wildman–Crippen MR) is 80.8 cm³/mol. The molecule has 2 aromatic rings. The number of nitrogens with one attached hydrogen (secondary N) is 2. The van der Waals surface area contributed by atoms with Gasteiger partial charge in [0.05, 0.1) is 5.69 Å². The third kappa shape index (κ3) is 2.25. The van der Waals surface area contributed by atoms with Gasteiger partial charge in [0.25, 0.3) is 0 Å². The van der Waals surface area contributed by atoms with E-state index in [0.29, 0.717) is 18.7 Å². The fraction of sp³-hybridized carbons (Fsp3) is 0.375. The van der Waals surface area contributed by atoms with Crippen molar-refractivity contribution in [3.8, 4) is 0 Å². The number of benzene rings is 1. The largest absolute Gasteiger partial charge is 0.481 e. The Morgan fingerprint density at radius 3 is 2.73 bits per heavy atom. The molecule has 4 N–H and O–H groups in total. The van der Waals surface area contributed by atoms with E-state index >= 15 is 0 Å². The highest BCUT2D eigenvalue weighted by Gasteiger charge is 2.45. The molecule has 3 rings (SSSR count). The average molecular weight is 302 g/mol. The Balaban J connectivity index is 2.05. The summed E-state index contributed by atoms with van der Waals surface area (Å²) < 4.78 is 0. The Labute approximate surface area is 127 Å². The molecular formula is C16H18N2O4. The van der Waals surface area contributed by atoms with Gasteiger partial charge in [-0.3, -0.25) is 10.1 Å². The van der Waals surface area contributed by atoms with Crippen molar-refractivity contribution in [2.45, 2.75) is 31.2 Å². The van der Waals surface area contributed by atoms with Crippen molar-refractivity contribution >= 4 is 22.8 Å². The summed E-state index contributed by atoms with van der Waals surface area (Å²) >= 11 is 0. The smallest absolute Gasteiger partial charge is 0.330 e. The van der Waals surface area contributed by atoms with Crippen LogP contribution in [0.3, 0.4) is 0 Å². The second kappa shape index (κ2) is 5.46. The first-order valence-corrected chi connectivity index (χ1v) is 7.35. The van der Waals surface area contributed by atoms with Crippen LogP contribution in [0.2, 0.25) is 0 Å². The lowest BCUT2D eigenvalue weighted by Gasteiger charge is -2.34. The molecular weight excluding hydrogens is 284 g/mol. The lowest BCUT2D eigenvalue weighted by atomic mass is 9.83. The van der Waals surface area contributed by atoms with E-state index in [1.165, 1.54) is 0 Å². The zero-order valence-corrected chi connectivity index (χ0v) is 12.1. The molecule has 1 unspecified atom stereocenters. The third-order valence-corrected chi connectivity index (χ3v) is 4.35. The minimum absolute atomic E-state index is 0.0354. The van der Waals surface area contributed by atoms with Crippen molar-refractivity contribution in [2.75, 3.05) is 6.54 Å².